The Bertz CT molecular complexity index is 879. The highest BCUT2D eigenvalue weighted by atomic mass is 31.2. The summed E-state index contributed by atoms with van der Waals surface area (Å²) >= 11 is 0. The molecule has 0 bridgehead atoms. The first kappa shape index (κ1) is 22.0. The van der Waals surface area contributed by atoms with Gasteiger partial charge in [0.05, 0.1) is 38.4 Å². The summed E-state index contributed by atoms with van der Waals surface area (Å²) in [5.41, 5.74) is 1.00. The van der Waals surface area contributed by atoms with E-state index in [-0.39, 0.29) is 18.5 Å². The molecule has 2 aromatic carbocycles. The van der Waals surface area contributed by atoms with Crippen LogP contribution in [0, 0.1) is 0 Å². The molecule has 0 saturated carbocycles. The lowest BCUT2D eigenvalue weighted by Crippen LogP contribution is -2.23. The first-order valence-corrected chi connectivity index (χ1v) is 10.2. The van der Waals surface area contributed by atoms with Gasteiger partial charge in [-0.3, -0.25) is 9.36 Å². The molecule has 2 radical (unpaired) electrons. The summed E-state index contributed by atoms with van der Waals surface area (Å²) in [4.78, 5) is 12.8. The van der Waals surface area contributed by atoms with Crippen LogP contribution in [0.25, 0.3) is 0 Å². The van der Waals surface area contributed by atoms with Crippen LogP contribution in [0.2, 0.25) is 0 Å². The molecule has 1 N–H and O–H groups in total. The Hall–Kier alpha value is -2.28. The summed E-state index contributed by atoms with van der Waals surface area (Å²) in [6.07, 6.45) is 0. The van der Waals surface area contributed by atoms with Crippen molar-refractivity contribution in [3.05, 3.63) is 42.0 Å². The van der Waals surface area contributed by atoms with Gasteiger partial charge < -0.3 is 23.8 Å². The Balaban J connectivity index is 2.41. The minimum absolute atomic E-state index is 0.176. The molecule has 0 fully saturated rings. The van der Waals surface area contributed by atoms with E-state index in [2.05, 4.69) is 5.32 Å². The molecule has 28 heavy (non-hydrogen) atoms. The lowest BCUT2D eigenvalue weighted by Gasteiger charge is -2.21. The lowest BCUT2D eigenvalue weighted by atomic mass is 9.96. The van der Waals surface area contributed by atoms with Gasteiger partial charge in [0.25, 0.3) is 5.91 Å². The molecule has 0 atom stereocenters. The first-order valence-electron chi connectivity index (χ1n) is 8.71. The van der Waals surface area contributed by atoms with Gasteiger partial charge in [-0.15, -0.1) is 0 Å². The van der Waals surface area contributed by atoms with Gasteiger partial charge in [0.2, 0.25) is 0 Å². The van der Waals surface area contributed by atoms with Crippen LogP contribution in [0.15, 0.2) is 36.4 Å². The van der Waals surface area contributed by atoms with E-state index >= 15 is 0 Å². The maximum Gasteiger partial charge on any atom is 0.363 e. The predicted octanol–water partition coefficient (Wildman–Crippen LogP) is 2.64. The third-order valence-corrected chi connectivity index (χ3v) is 5.97. The van der Waals surface area contributed by atoms with E-state index < -0.39 is 13.5 Å². The van der Waals surface area contributed by atoms with Crippen LogP contribution >= 0.6 is 7.60 Å². The molecular formula is C19H23BNO6P. The van der Waals surface area contributed by atoms with Crippen molar-refractivity contribution in [1.29, 1.82) is 0 Å². The van der Waals surface area contributed by atoms with Crippen LogP contribution in [-0.4, -0.2) is 41.2 Å². The highest BCUT2D eigenvalue weighted by Crippen LogP contribution is 2.48. The molecule has 0 aliphatic rings. The number of ether oxygens (including phenoxy) is 2. The van der Waals surface area contributed by atoms with Crippen molar-refractivity contribution < 1.29 is 27.9 Å². The van der Waals surface area contributed by atoms with Crippen molar-refractivity contribution in [3.8, 4) is 11.5 Å². The minimum Gasteiger partial charge on any atom is -0.493 e. The second-order valence-corrected chi connectivity index (χ2v) is 7.63. The summed E-state index contributed by atoms with van der Waals surface area (Å²) < 4.78 is 34.4. The van der Waals surface area contributed by atoms with Gasteiger partial charge in [-0.25, -0.2) is 0 Å². The number of hydrogen-bond donors (Lipinski definition) is 1. The molecule has 7 nitrogen and oxygen atoms in total. The zero-order valence-corrected chi connectivity index (χ0v) is 17.2. The Morgan fingerprint density at radius 3 is 2.21 bits per heavy atom. The van der Waals surface area contributed by atoms with E-state index in [0.29, 0.717) is 28.2 Å². The van der Waals surface area contributed by atoms with Crippen LogP contribution in [0.5, 0.6) is 11.5 Å². The number of rotatable bonds is 9. The van der Waals surface area contributed by atoms with E-state index in [0.717, 1.165) is 0 Å². The van der Waals surface area contributed by atoms with E-state index in [1.165, 1.54) is 20.3 Å². The highest BCUT2D eigenvalue weighted by molar-refractivity contribution is 7.62. The maximum atomic E-state index is 13.2. The summed E-state index contributed by atoms with van der Waals surface area (Å²) in [7, 11) is 5.20. The first-order chi connectivity index (χ1) is 13.4. The molecule has 0 aliphatic heterocycles. The largest absolute Gasteiger partial charge is 0.493 e. The monoisotopic (exact) mass is 403 g/mol. The van der Waals surface area contributed by atoms with Crippen molar-refractivity contribution in [2.45, 2.75) is 13.8 Å². The van der Waals surface area contributed by atoms with E-state index in [1.54, 1.807) is 44.2 Å². The van der Waals surface area contributed by atoms with Gasteiger partial charge in [-0.2, -0.15) is 0 Å². The van der Waals surface area contributed by atoms with Gasteiger partial charge in [-0.05, 0) is 38.1 Å². The molecule has 0 heterocycles. The number of benzene rings is 2. The molecule has 2 aromatic rings. The topological polar surface area (TPSA) is 83.1 Å². The van der Waals surface area contributed by atoms with E-state index in [1.807, 2.05) is 0 Å². The normalized spacial score (nSPS) is 11.1. The fraction of sp³-hybridized carbons (Fsp3) is 0.316. The third kappa shape index (κ3) is 4.96. The van der Waals surface area contributed by atoms with Gasteiger partial charge in [0.1, 0.15) is 7.85 Å². The Kier molecular flexibility index (Phi) is 7.69. The number of carbonyl (C=O) groups excluding carboxylic acids is 1. The van der Waals surface area contributed by atoms with E-state index in [4.69, 9.17) is 26.4 Å². The molecule has 2 rings (SSSR count). The summed E-state index contributed by atoms with van der Waals surface area (Å²) in [6.45, 7) is 3.77. The van der Waals surface area contributed by atoms with Crippen molar-refractivity contribution in [1.82, 2.24) is 0 Å². The maximum absolute atomic E-state index is 13.2. The number of amides is 1. The van der Waals surface area contributed by atoms with Crippen LogP contribution in [-0.2, 0) is 13.6 Å². The number of anilines is 1. The molecule has 1 amide bonds. The lowest BCUT2D eigenvalue weighted by molar-refractivity contribution is 0.102. The molecule has 0 aromatic heterocycles. The predicted molar refractivity (Wildman–Crippen MR) is 110 cm³/mol. The van der Waals surface area contributed by atoms with Gasteiger partial charge in [-0.1, -0.05) is 17.6 Å². The van der Waals surface area contributed by atoms with Crippen LogP contribution < -0.4 is 25.6 Å². The second kappa shape index (κ2) is 9.78. The number of methoxy groups -OCH3 is 2. The van der Waals surface area contributed by atoms with Gasteiger partial charge >= 0.3 is 7.60 Å². The molecule has 9 heteroatoms. The van der Waals surface area contributed by atoms with Gasteiger partial charge in [0, 0.05) is 5.56 Å². The highest BCUT2D eigenvalue weighted by Gasteiger charge is 2.30. The number of hydrogen-bond acceptors (Lipinski definition) is 6. The quantitative estimate of drug-likeness (QED) is 0.512. The standard InChI is InChI=1S/C19H23BNO6P/c1-5-26-28(23,27-6-2)18-12-14(20)8-9-15(18)21-19(22)13-7-10-16(24-3)17(11-13)25-4/h7-12H,5-6H2,1-4H3,(H,21,22). The molecule has 0 unspecified atom stereocenters. The van der Waals surface area contributed by atoms with Gasteiger partial charge in [0.15, 0.2) is 11.5 Å². The molecule has 0 spiro atoms. The van der Waals surface area contributed by atoms with E-state index in [9.17, 15) is 9.36 Å². The Morgan fingerprint density at radius 1 is 1.00 bits per heavy atom. The average molecular weight is 403 g/mol. The van der Waals surface area contributed by atoms with Crippen molar-refractivity contribution in [3.63, 3.8) is 0 Å². The average Bonchev–Trinajstić information content (AvgIpc) is 2.69. The molecule has 0 aliphatic carbocycles. The Labute approximate surface area is 166 Å². The smallest absolute Gasteiger partial charge is 0.363 e. The Morgan fingerprint density at radius 2 is 1.64 bits per heavy atom. The zero-order valence-electron chi connectivity index (χ0n) is 16.4. The zero-order chi connectivity index (χ0) is 20.7. The fourth-order valence-corrected chi connectivity index (χ4v) is 4.33. The minimum atomic E-state index is -3.65. The van der Waals surface area contributed by atoms with Crippen LogP contribution in [0.1, 0.15) is 24.2 Å². The summed E-state index contributed by atoms with van der Waals surface area (Å²) in [5.74, 6) is 0.498. The van der Waals surface area contributed by atoms with Crippen molar-refractivity contribution >= 4 is 37.8 Å². The summed E-state index contributed by atoms with van der Waals surface area (Å²) in [5, 5.41) is 2.94. The SMILES string of the molecule is [B]c1ccc(NC(=O)c2ccc(OC)c(OC)c2)c(P(=O)(OCC)OCC)c1. The van der Waals surface area contributed by atoms with Crippen molar-refractivity contribution in [2.75, 3.05) is 32.8 Å². The second-order valence-electron chi connectivity index (χ2n) is 5.63. The molecular weight excluding hydrogens is 380 g/mol. The molecule has 148 valence electrons. The van der Waals surface area contributed by atoms with Crippen molar-refractivity contribution in [2.24, 2.45) is 0 Å². The van der Waals surface area contributed by atoms with Crippen LogP contribution in [0.3, 0.4) is 0 Å². The third-order valence-electron chi connectivity index (χ3n) is 3.81. The number of carbonyl (C=O) groups is 1. The van der Waals surface area contributed by atoms with Crippen LogP contribution in [0.4, 0.5) is 5.69 Å². The summed E-state index contributed by atoms with van der Waals surface area (Å²) in [6, 6.07) is 9.41. The number of nitrogens with one attached hydrogen (secondary N) is 1. The fourth-order valence-electron chi connectivity index (χ4n) is 2.57. The molecule has 0 saturated heterocycles.